The molecule has 0 fully saturated rings. The number of pyridine rings is 1. The number of benzene rings is 2. The zero-order valence-electron chi connectivity index (χ0n) is 24.9. The third-order valence-electron chi connectivity index (χ3n) is 7.79. The van der Waals surface area contributed by atoms with Crippen molar-refractivity contribution in [1.82, 2.24) is 4.98 Å². The van der Waals surface area contributed by atoms with Gasteiger partial charge in [0, 0.05) is 29.8 Å². The van der Waals surface area contributed by atoms with Gasteiger partial charge in [0.1, 0.15) is 6.79 Å². The Labute approximate surface area is 252 Å². The van der Waals surface area contributed by atoms with Gasteiger partial charge in [0.05, 0.1) is 12.1 Å². The molecule has 0 unspecified atom stereocenters. The van der Waals surface area contributed by atoms with E-state index >= 15 is 0 Å². The predicted molar refractivity (Wildman–Crippen MR) is 153 cm³/mol. The highest BCUT2D eigenvalue weighted by Gasteiger charge is 2.72. The van der Waals surface area contributed by atoms with Gasteiger partial charge in [-0.25, -0.2) is 0 Å². The van der Waals surface area contributed by atoms with Crippen molar-refractivity contribution in [2.24, 2.45) is 0 Å². The second-order valence-corrected chi connectivity index (χ2v) is 10.4. The molecule has 0 bridgehead atoms. The fourth-order valence-electron chi connectivity index (χ4n) is 5.25. The Hall–Kier alpha value is -3.88. The molecule has 0 aliphatic carbocycles. The van der Waals surface area contributed by atoms with Crippen LogP contribution in [0.3, 0.4) is 0 Å². The second-order valence-electron chi connectivity index (χ2n) is 10.4. The van der Waals surface area contributed by atoms with Gasteiger partial charge >= 0.3 is 23.9 Å². The highest BCUT2D eigenvalue weighted by atomic mass is 19.4. The van der Waals surface area contributed by atoms with Crippen LogP contribution in [0.5, 0.6) is 0 Å². The average molecular weight is 622 g/mol. The standard InChI is InChI=1S/C33H33F6NO4/c1-6-30(7-2,26-11-12-27(22(4)17-26)28-13-8-23(19-40-28)18-29(41)42)25-10-9-24(21(3)16-25)14-15-31(32(34,35)36,33(37,38)39)44-20-43-5/h8-13,16-17,19H,6-7,18,20H2,1-5H3,(H,41,42). The van der Waals surface area contributed by atoms with Crippen LogP contribution in [0.2, 0.25) is 0 Å². The van der Waals surface area contributed by atoms with Crippen LogP contribution in [0.4, 0.5) is 26.3 Å². The van der Waals surface area contributed by atoms with Gasteiger partial charge in [0.15, 0.2) is 0 Å². The molecule has 236 valence electrons. The molecule has 2 aromatic carbocycles. The van der Waals surface area contributed by atoms with Crippen molar-refractivity contribution in [3.8, 4) is 23.1 Å². The zero-order valence-corrected chi connectivity index (χ0v) is 24.9. The summed E-state index contributed by atoms with van der Waals surface area (Å²) < 4.78 is 90.7. The molecule has 0 atom stereocenters. The maximum atomic E-state index is 13.7. The van der Waals surface area contributed by atoms with Crippen LogP contribution in [0.1, 0.15) is 60.1 Å². The molecule has 0 aliphatic heterocycles. The number of halogens is 6. The fraction of sp³-hybridized carbons (Fsp3) is 0.394. The SMILES string of the molecule is CCC(CC)(c1ccc(C#CC(OCOC)(C(F)(F)F)C(F)(F)F)c(C)c1)c1ccc(-c2ccc(CC(=O)O)cn2)c(C)c1. The van der Waals surface area contributed by atoms with Gasteiger partial charge in [-0.3, -0.25) is 9.78 Å². The van der Waals surface area contributed by atoms with Crippen LogP contribution in [0.15, 0.2) is 54.7 Å². The van der Waals surface area contributed by atoms with Gasteiger partial charge < -0.3 is 14.6 Å². The Balaban J connectivity index is 2.04. The second kappa shape index (κ2) is 13.4. The minimum Gasteiger partial charge on any atom is -0.481 e. The summed E-state index contributed by atoms with van der Waals surface area (Å²) in [5.41, 5.74) is 0.0507. The number of methoxy groups -OCH3 is 1. The number of hydrogen-bond donors (Lipinski definition) is 1. The molecule has 3 rings (SSSR count). The van der Waals surface area contributed by atoms with Crippen LogP contribution >= 0.6 is 0 Å². The van der Waals surface area contributed by atoms with Gasteiger partial charge in [0.2, 0.25) is 0 Å². The van der Waals surface area contributed by atoms with E-state index in [0.29, 0.717) is 29.7 Å². The molecule has 0 spiro atoms. The lowest BCUT2D eigenvalue weighted by Gasteiger charge is -2.34. The van der Waals surface area contributed by atoms with Crippen LogP contribution in [0, 0.1) is 25.7 Å². The highest BCUT2D eigenvalue weighted by molar-refractivity contribution is 5.71. The molecule has 5 nitrogen and oxygen atoms in total. The first-order chi connectivity index (χ1) is 20.5. The number of carboxylic acid groups (broad SMARTS) is 1. The van der Waals surface area contributed by atoms with Gasteiger partial charge in [-0.05, 0) is 72.6 Å². The third-order valence-corrected chi connectivity index (χ3v) is 7.79. The normalized spacial score (nSPS) is 12.5. The topological polar surface area (TPSA) is 68.7 Å². The van der Waals surface area contributed by atoms with Crippen LogP contribution < -0.4 is 0 Å². The summed E-state index contributed by atoms with van der Waals surface area (Å²) >= 11 is 0. The van der Waals surface area contributed by atoms with E-state index in [-0.39, 0.29) is 12.0 Å². The van der Waals surface area contributed by atoms with Gasteiger partial charge in [0.25, 0.3) is 0 Å². The molecule has 1 N–H and O–H groups in total. The maximum absolute atomic E-state index is 13.7. The minimum absolute atomic E-state index is 0.00213. The highest BCUT2D eigenvalue weighted by Crippen LogP contribution is 2.46. The first-order valence-corrected chi connectivity index (χ1v) is 13.7. The van der Waals surface area contributed by atoms with E-state index in [1.807, 2.05) is 39.0 Å². The van der Waals surface area contributed by atoms with Crippen molar-refractivity contribution < 1.29 is 45.7 Å². The molecular formula is C33H33F6NO4. The predicted octanol–water partition coefficient (Wildman–Crippen LogP) is 7.93. The number of aliphatic carboxylic acids is 1. The number of carbonyl (C=O) groups is 1. The van der Waals surface area contributed by atoms with Crippen molar-refractivity contribution in [3.63, 3.8) is 0 Å². The molecule has 1 heterocycles. The molecule has 11 heteroatoms. The van der Waals surface area contributed by atoms with Gasteiger partial charge in [-0.1, -0.05) is 56.2 Å². The number of nitrogens with zero attached hydrogens (tertiary/aromatic N) is 1. The van der Waals surface area contributed by atoms with Crippen LogP contribution in [-0.4, -0.2) is 47.9 Å². The number of carboxylic acids is 1. The summed E-state index contributed by atoms with van der Waals surface area (Å²) in [6.45, 7) is 6.27. The summed E-state index contributed by atoms with van der Waals surface area (Å²) in [5, 5.41) is 9.00. The number of alkyl halides is 6. The van der Waals surface area contributed by atoms with Crippen LogP contribution in [-0.2, 0) is 26.1 Å². The molecule has 0 aliphatic rings. The lowest BCUT2D eigenvalue weighted by molar-refractivity contribution is -0.368. The Morgan fingerprint density at radius 2 is 1.48 bits per heavy atom. The van der Waals surface area contributed by atoms with Crippen molar-refractivity contribution in [1.29, 1.82) is 0 Å². The summed E-state index contributed by atoms with van der Waals surface area (Å²) in [5.74, 6) is 2.45. The van der Waals surface area contributed by atoms with E-state index in [2.05, 4.69) is 20.4 Å². The quantitative estimate of drug-likeness (QED) is 0.142. The number of rotatable bonds is 10. The van der Waals surface area contributed by atoms with Crippen molar-refractivity contribution >= 4 is 5.97 Å². The summed E-state index contributed by atoms with van der Waals surface area (Å²) in [7, 11) is 0.911. The van der Waals surface area contributed by atoms with E-state index in [0.717, 1.165) is 29.4 Å². The van der Waals surface area contributed by atoms with Crippen molar-refractivity contribution in [2.45, 2.75) is 70.3 Å². The van der Waals surface area contributed by atoms with E-state index in [9.17, 15) is 31.1 Å². The smallest absolute Gasteiger partial charge is 0.438 e. The molecule has 44 heavy (non-hydrogen) atoms. The zero-order chi connectivity index (χ0) is 32.9. The van der Waals surface area contributed by atoms with Gasteiger partial charge in [-0.2, -0.15) is 26.3 Å². The monoisotopic (exact) mass is 621 g/mol. The van der Waals surface area contributed by atoms with E-state index in [4.69, 9.17) is 5.11 Å². The average Bonchev–Trinajstić information content (AvgIpc) is 2.94. The molecule has 0 radical (unpaired) electrons. The molecule has 1 aromatic heterocycles. The summed E-state index contributed by atoms with van der Waals surface area (Å²) in [6.07, 6.45) is -9.02. The fourth-order valence-corrected chi connectivity index (χ4v) is 5.25. The number of aromatic nitrogens is 1. The molecule has 0 saturated carbocycles. The molecule has 0 amide bonds. The van der Waals surface area contributed by atoms with E-state index in [1.165, 1.54) is 18.2 Å². The first kappa shape index (κ1) is 34.6. The lowest BCUT2D eigenvalue weighted by atomic mass is 9.69. The maximum Gasteiger partial charge on any atom is 0.438 e. The van der Waals surface area contributed by atoms with Gasteiger partial charge in [-0.15, -0.1) is 0 Å². The Kier molecular flexibility index (Phi) is 10.5. The number of ether oxygens (including phenoxy) is 2. The molecular weight excluding hydrogens is 588 g/mol. The van der Waals surface area contributed by atoms with Crippen molar-refractivity contribution in [2.75, 3.05) is 13.9 Å². The summed E-state index contributed by atoms with van der Waals surface area (Å²) in [4.78, 5) is 15.4. The third kappa shape index (κ3) is 6.92. The molecule has 3 aromatic rings. The molecule has 0 saturated heterocycles. The Morgan fingerprint density at radius 1 is 0.886 bits per heavy atom. The van der Waals surface area contributed by atoms with Crippen LogP contribution in [0.25, 0.3) is 11.3 Å². The minimum atomic E-state index is -5.87. The first-order valence-electron chi connectivity index (χ1n) is 13.7. The largest absolute Gasteiger partial charge is 0.481 e. The van der Waals surface area contributed by atoms with E-state index in [1.54, 1.807) is 31.2 Å². The lowest BCUT2D eigenvalue weighted by Crippen LogP contribution is -2.58. The Morgan fingerprint density at radius 3 is 1.93 bits per heavy atom. The number of aryl methyl sites for hydroxylation is 2. The summed E-state index contributed by atoms with van der Waals surface area (Å²) in [6, 6.07) is 14.3. The van der Waals surface area contributed by atoms with Crippen molar-refractivity contribution in [3.05, 3.63) is 88.1 Å². The number of hydrogen-bond acceptors (Lipinski definition) is 4. The van der Waals surface area contributed by atoms with E-state index < -0.39 is 36.1 Å². The Bertz CT molecular complexity index is 1520.